The molecule has 3 aromatic carbocycles. The van der Waals surface area contributed by atoms with Gasteiger partial charge in [0.2, 0.25) is 0 Å². The van der Waals surface area contributed by atoms with Crippen LogP contribution in [0.5, 0.6) is 0 Å². The Kier molecular flexibility index (Phi) is 4.51. The number of anilines is 1. The molecular weight excluding hydrogens is 489 g/mol. The largest absolute Gasteiger partial charge is 0.321 e. The van der Waals surface area contributed by atoms with Gasteiger partial charge >= 0.3 is 0 Å². The van der Waals surface area contributed by atoms with Crippen LogP contribution in [0.15, 0.2) is 71.5 Å². The average molecular weight is 505 g/mol. The highest BCUT2D eigenvalue weighted by Crippen LogP contribution is 2.32. The van der Waals surface area contributed by atoms with Gasteiger partial charge in [0, 0.05) is 14.8 Å². The Morgan fingerprint density at radius 1 is 1.00 bits per heavy atom. The molecule has 1 aliphatic heterocycles. The molecule has 0 atom stereocenters. The SMILES string of the molecule is Cc1ccc(-n2c(/C=C3/C(=O)Nc4ccccc43)nc3ccc(I)cc3c2=O)cc1. The van der Waals surface area contributed by atoms with Gasteiger partial charge in [0.15, 0.2) is 0 Å². The number of hydrogen-bond acceptors (Lipinski definition) is 3. The summed E-state index contributed by atoms with van der Waals surface area (Å²) in [6, 6.07) is 20.8. The zero-order valence-corrected chi connectivity index (χ0v) is 18.2. The quantitative estimate of drug-likeness (QED) is 0.315. The van der Waals surface area contributed by atoms with Crippen molar-refractivity contribution in [2.45, 2.75) is 6.92 Å². The van der Waals surface area contributed by atoms with Crippen LogP contribution in [0.1, 0.15) is 17.0 Å². The van der Waals surface area contributed by atoms with Gasteiger partial charge in [-0.3, -0.25) is 14.2 Å². The van der Waals surface area contributed by atoms with Crippen molar-refractivity contribution in [2.75, 3.05) is 5.32 Å². The molecule has 0 saturated carbocycles. The number of benzene rings is 3. The van der Waals surface area contributed by atoms with Gasteiger partial charge in [0.05, 0.1) is 22.2 Å². The molecule has 0 aliphatic carbocycles. The third-order valence-electron chi connectivity index (χ3n) is 5.13. The lowest BCUT2D eigenvalue weighted by atomic mass is 10.1. The van der Waals surface area contributed by atoms with E-state index < -0.39 is 0 Å². The van der Waals surface area contributed by atoms with E-state index in [9.17, 15) is 9.59 Å². The number of amides is 1. The van der Waals surface area contributed by atoms with Crippen molar-refractivity contribution in [3.05, 3.63) is 97.6 Å². The summed E-state index contributed by atoms with van der Waals surface area (Å²) in [5.74, 6) is 0.211. The van der Waals surface area contributed by atoms with E-state index in [1.54, 1.807) is 10.6 Å². The third kappa shape index (κ3) is 3.13. The lowest BCUT2D eigenvalue weighted by Crippen LogP contribution is -2.22. The summed E-state index contributed by atoms with van der Waals surface area (Å²) in [6.45, 7) is 2.00. The first-order valence-corrected chi connectivity index (χ1v) is 10.5. The average Bonchev–Trinajstić information content (AvgIpc) is 3.05. The number of aromatic nitrogens is 2. The van der Waals surface area contributed by atoms with Crippen LogP contribution in [0.25, 0.3) is 28.2 Å². The Labute approximate surface area is 186 Å². The molecule has 1 N–H and O–H groups in total. The normalized spacial score (nSPS) is 14.2. The van der Waals surface area contributed by atoms with Gasteiger partial charge in [-0.1, -0.05) is 35.9 Å². The van der Waals surface area contributed by atoms with E-state index in [0.717, 1.165) is 20.4 Å². The smallest absolute Gasteiger partial charge is 0.266 e. The van der Waals surface area contributed by atoms with E-state index in [-0.39, 0.29) is 11.5 Å². The second kappa shape index (κ2) is 7.21. The van der Waals surface area contributed by atoms with E-state index in [4.69, 9.17) is 4.98 Å². The maximum Gasteiger partial charge on any atom is 0.266 e. The van der Waals surface area contributed by atoms with Crippen molar-refractivity contribution in [3.63, 3.8) is 0 Å². The van der Waals surface area contributed by atoms with Crippen LogP contribution in [0.2, 0.25) is 0 Å². The molecule has 30 heavy (non-hydrogen) atoms. The molecular formula is C24H16IN3O2. The van der Waals surface area contributed by atoms with Gasteiger partial charge in [-0.15, -0.1) is 0 Å². The summed E-state index contributed by atoms with van der Waals surface area (Å²) < 4.78 is 2.53. The number of rotatable bonds is 2. The predicted octanol–water partition coefficient (Wildman–Crippen LogP) is 4.79. The zero-order valence-electron chi connectivity index (χ0n) is 16.0. The fourth-order valence-corrected chi connectivity index (χ4v) is 4.12. The molecule has 0 bridgehead atoms. The number of halogens is 1. The van der Waals surface area contributed by atoms with Gasteiger partial charge in [-0.2, -0.15) is 0 Å². The second-order valence-electron chi connectivity index (χ2n) is 7.17. The van der Waals surface area contributed by atoms with Crippen molar-refractivity contribution in [1.29, 1.82) is 0 Å². The first-order valence-electron chi connectivity index (χ1n) is 9.43. The molecule has 1 aliphatic rings. The van der Waals surface area contributed by atoms with Gasteiger partial charge in [-0.25, -0.2) is 4.98 Å². The first kappa shape index (κ1) is 18.7. The van der Waals surface area contributed by atoms with Crippen molar-refractivity contribution >= 4 is 56.7 Å². The fourth-order valence-electron chi connectivity index (χ4n) is 3.63. The summed E-state index contributed by atoms with van der Waals surface area (Å²) in [5.41, 5.74) is 4.28. The molecule has 146 valence electrons. The van der Waals surface area contributed by atoms with E-state index >= 15 is 0 Å². The van der Waals surface area contributed by atoms with Crippen LogP contribution in [-0.2, 0) is 4.79 Å². The molecule has 2 heterocycles. The van der Waals surface area contributed by atoms with Gasteiger partial charge < -0.3 is 5.32 Å². The van der Waals surface area contributed by atoms with Gasteiger partial charge in [0.25, 0.3) is 11.5 Å². The fraction of sp³-hybridized carbons (Fsp3) is 0.0417. The zero-order chi connectivity index (χ0) is 20.8. The summed E-state index contributed by atoms with van der Waals surface area (Å²) >= 11 is 2.19. The van der Waals surface area contributed by atoms with E-state index in [0.29, 0.717) is 28.0 Å². The summed E-state index contributed by atoms with van der Waals surface area (Å²) in [4.78, 5) is 30.9. The van der Waals surface area contributed by atoms with Crippen LogP contribution < -0.4 is 10.9 Å². The molecule has 0 saturated heterocycles. The van der Waals surface area contributed by atoms with Crippen molar-refractivity contribution < 1.29 is 4.79 Å². The van der Waals surface area contributed by atoms with E-state index in [2.05, 4.69) is 27.9 Å². The number of hydrogen-bond donors (Lipinski definition) is 1. The van der Waals surface area contributed by atoms with Crippen LogP contribution >= 0.6 is 22.6 Å². The molecule has 5 rings (SSSR count). The molecule has 0 spiro atoms. The van der Waals surface area contributed by atoms with E-state index in [1.807, 2.05) is 73.7 Å². The molecule has 0 radical (unpaired) electrons. The molecule has 5 nitrogen and oxygen atoms in total. The Bertz CT molecular complexity index is 1420. The van der Waals surface area contributed by atoms with Crippen molar-refractivity contribution in [2.24, 2.45) is 0 Å². The van der Waals surface area contributed by atoms with E-state index in [1.165, 1.54) is 0 Å². The molecule has 1 aromatic heterocycles. The van der Waals surface area contributed by atoms with Crippen LogP contribution in [0.3, 0.4) is 0 Å². The third-order valence-corrected chi connectivity index (χ3v) is 5.80. The molecule has 0 fully saturated rings. The lowest BCUT2D eigenvalue weighted by molar-refractivity contribution is -0.110. The summed E-state index contributed by atoms with van der Waals surface area (Å²) in [5, 5.41) is 3.41. The standard InChI is InChI=1S/C24H16IN3O2/c1-14-6-9-16(10-7-14)28-22(26-21-11-8-15(25)12-19(21)24(28)30)13-18-17-4-2-3-5-20(17)27-23(18)29/h2-13H,1H3,(H,27,29)/b18-13+. The molecule has 4 aromatic rings. The number of nitrogens with zero attached hydrogens (tertiary/aromatic N) is 2. The maximum absolute atomic E-state index is 13.5. The highest BCUT2D eigenvalue weighted by molar-refractivity contribution is 14.1. The topological polar surface area (TPSA) is 64.0 Å². The van der Waals surface area contributed by atoms with Crippen LogP contribution in [0, 0.1) is 10.5 Å². The minimum atomic E-state index is -0.205. The minimum absolute atomic E-state index is 0.166. The number of carbonyl (C=O) groups is 1. The highest BCUT2D eigenvalue weighted by atomic mass is 127. The Morgan fingerprint density at radius 2 is 1.77 bits per heavy atom. The number of nitrogens with one attached hydrogen (secondary N) is 1. The van der Waals surface area contributed by atoms with Gasteiger partial charge in [0.1, 0.15) is 5.82 Å². The van der Waals surface area contributed by atoms with Crippen molar-refractivity contribution in [3.8, 4) is 5.69 Å². The van der Waals surface area contributed by atoms with Crippen molar-refractivity contribution in [1.82, 2.24) is 9.55 Å². The van der Waals surface area contributed by atoms with Gasteiger partial charge in [-0.05, 0) is 72.0 Å². The minimum Gasteiger partial charge on any atom is -0.321 e. The molecule has 6 heteroatoms. The summed E-state index contributed by atoms with van der Waals surface area (Å²) in [7, 11) is 0. The maximum atomic E-state index is 13.5. The molecule has 1 amide bonds. The summed E-state index contributed by atoms with van der Waals surface area (Å²) in [6.07, 6.45) is 1.69. The Hall–Kier alpha value is -3.26. The predicted molar refractivity (Wildman–Crippen MR) is 128 cm³/mol. The molecule has 0 unspecified atom stereocenters. The van der Waals surface area contributed by atoms with Crippen LogP contribution in [-0.4, -0.2) is 15.5 Å². The highest BCUT2D eigenvalue weighted by Gasteiger charge is 2.24. The first-order chi connectivity index (χ1) is 14.5. The number of carbonyl (C=O) groups excluding carboxylic acids is 1. The number of aryl methyl sites for hydroxylation is 1. The lowest BCUT2D eigenvalue weighted by Gasteiger charge is -2.12. The second-order valence-corrected chi connectivity index (χ2v) is 8.41. The Balaban J connectivity index is 1.82. The van der Waals surface area contributed by atoms with Crippen LogP contribution in [0.4, 0.5) is 5.69 Å². The monoisotopic (exact) mass is 505 g/mol. The number of fused-ring (bicyclic) bond motifs is 2. The Morgan fingerprint density at radius 3 is 2.57 bits per heavy atom. The number of para-hydroxylation sites is 1.